The molecular weight excluding hydrogens is 334 g/mol. The number of carbonyl (C=O) groups is 2. The van der Waals surface area contributed by atoms with E-state index in [2.05, 4.69) is 0 Å². The summed E-state index contributed by atoms with van der Waals surface area (Å²) in [5.41, 5.74) is 1.97. The number of nitrogens with zero attached hydrogens (tertiary/aromatic N) is 1. The van der Waals surface area contributed by atoms with Crippen molar-refractivity contribution in [1.82, 2.24) is 4.57 Å². The lowest BCUT2D eigenvalue weighted by atomic mass is 10.1. The summed E-state index contributed by atoms with van der Waals surface area (Å²) in [5, 5.41) is 0.672. The number of benzene rings is 2. The van der Waals surface area contributed by atoms with Crippen LogP contribution >= 0.6 is 0 Å². The third-order valence-corrected chi connectivity index (χ3v) is 4.33. The van der Waals surface area contributed by atoms with E-state index < -0.39 is 5.97 Å². The van der Waals surface area contributed by atoms with Crippen LogP contribution in [-0.2, 0) is 4.74 Å². The maximum absolute atomic E-state index is 13.2. The van der Waals surface area contributed by atoms with E-state index in [1.807, 2.05) is 12.1 Å². The van der Waals surface area contributed by atoms with Gasteiger partial charge in [0, 0.05) is 16.6 Å². The number of ether oxygens (including phenoxy) is 3. The first-order valence-electron chi connectivity index (χ1n) is 7.98. The Kier molecular flexibility index (Phi) is 4.67. The lowest BCUT2D eigenvalue weighted by molar-refractivity contribution is 0.0602. The Morgan fingerprint density at radius 2 is 1.62 bits per heavy atom. The number of hydrogen-bond donors (Lipinski definition) is 0. The van der Waals surface area contributed by atoms with Gasteiger partial charge in [-0.3, -0.25) is 9.36 Å². The highest BCUT2D eigenvalue weighted by atomic mass is 16.5. The molecule has 0 saturated carbocycles. The fourth-order valence-corrected chi connectivity index (χ4v) is 3.09. The van der Waals surface area contributed by atoms with Gasteiger partial charge in [-0.1, -0.05) is 18.2 Å². The van der Waals surface area contributed by atoms with Crippen molar-refractivity contribution in [1.29, 1.82) is 0 Å². The van der Waals surface area contributed by atoms with Crippen molar-refractivity contribution in [2.45, 2.75) is 6.92 Å². The summed E-state index contributed by atoms with van der Waals surface area (Å²) in [6.07, 6.45) is 0. The van der Waals surface area contributed by atoms with E-state index in [9.17, 15) is 9.59 Å². The molecule has 3 aromatic rings. The molecule has 0 atom stereocenters. The van der Waals surface area contributed by atoms with Crippen LogP contribution in [0.15, 0.2) is 42.5 Å². The molecule has 0 unspecified atom stereocenters. The van der Waals surface area contributed by atoms with Crippen molar-refractivity contribution in [3.8, 4) is 11.5 Å². The highest BCUT2D eigenvalue weighted by Gasteiger charge is 2.24. The number of hydrogen-bond acceptors (Lipinski definition) is 5. The van der Waals surface area contributed by atoms with Gasteiger partial charge in [-0.2, -0.15) is 0 Å². The second-order valence-corrected chi connectivity index (χ2v) is 5.68. The minimum Gasteiger partial charge on any atom is -0.493 e. The second kappa shape index (κ2) is 6.92. The highest BCUT2D eigenvalue weighted by molar-refractivity contribution is 6.11. The van der Waals surface area contributed by atoms with Crippen LogP contribution in [-0.4, -0.2) is 37.8 Å². The number of methoxy groups -OCH3 is 3. The smallest absolute Gasteiger partial charge is 0.340 e. The van der Waals surface area contributed by atoms with E-state index in [1.165, 1.54) is 25.9 Å². The van der Waals surface area contributed by atoms with E-state index in [-0.39, 0.29) is 5.91 Å². The van der Waals surface area contributed by atoms with Crippen LogP contribution in [0, 0.1) is 6.92 Å². The predicted molar refractivity (Wildman–Crippen MR) is 97.3 cm³/mol. The van der Waals surface area contributed by atoms with E-state index in [0.717, 1.165) is 0 Å². The van der Waals surface area contributed by atoms with Gasteiger partial charge in [-0.15, -0.1) is 0 Å². The van der Waals surface area contributed by atoms with E-state index in [1.54, 1.807) is 37.3 Å². The lowest BCUT2D eigenvalue weighted by Crippen LogP contribution is -2.15. The van der Waals surface area contributed by atoms with Crippen molar-refractivity contribution in [2.24, 2.45) is 0 Å². The first-order chi connectivity index (χ1) is 12.5. The molecule has 0 aliphatic heterocycles. The maximum atomic E-state index is 13.2. The zero-order valence-electron chi connectivity index (χ0n) is 15.0. The number of carbonyl (C=O) groups excluding carboxylic acids is 2. The predicted octanol–water partition coefficient (Wildman–Crippen LogP) is 3.44. The molecule has 26 heavy (non-hydrogen) atoms. The van der Waals surface area contributed by atoms with Crippen LogP contribution in [0.4, 0.5) is 0 Å². The summed E-state index contributed by atoms with van der Waals surface area (Å²) in [6.45, 7) is 1.73. The summed E-state index contributed by atoms with van der Waals surface area (Å²) < 4.78 is 16.9. The van der Waals surface area contributed by atoms with Crippen LogP contribution in [0.5, 0.6) is 11.5 Å². The Morgan fingerprint density at radius 1 is 0.923 bits per heavy atom. The molecule has 3 rings (SSSR count). The van der Waals surface area contributed by atoms with Gasteiger partial charge in [0.25, 0.3) is 5.91 Å². The van der Waals surface area contributed by atoms with Gasteiger partial charge in [0.2, 0.25) is 0 Å². The average molecular weight is 353 g/mol. The minimum absolute atomic E-state index is 0.269. The monoisotopic (exact) mass is 353 g/mol. The number of rotatable bonds is 4. The molecule has 0 amide bonds. The van der Waals surface area contributed by atoms with E-state index >= 15 is 0 Å². The lowest BCUT2D eigenvalue weighted by Gasteiger charge is -2.11. The maximum Gasteiger partial charge on any atom is 0.340 e. The van der Waals surface area contributed by atoms with Crippen LogP contribution in [0.1, 0.15) is 26.4 Å². The van der Waals surface area contributed by atoms with Crippen molar-refractivity contribution >= 4 is 22.8 Å². The second-order valence-electron chi connectivity index (χ2n) is 5.68. The molecule has 1 aromatic heterocycles. The molecule has 2 aromatic carbocycles. The molecule has 134 valence electrons. The Bertz CT molecular complexity index is 1000. The largest absolute Gasteiger partial charge is 0.493 e. The van der Waals surface area contributed by atoms with Gasteiger partial charge in [-0.25, -0.2) is 4.79 Å². The number of aromatic nitrogens is 1. The molecule has 0 bridgehead atoms. The Labute approximate surface area is 150 Å². The van der Waals surface area contributed by atoms with E-state index in [4.69, 9.17) is 14.2 Å². The van der Waals surface area contributed by atoms with Gasteiger partial charge in [0.1, 0.15) is 0 Å². The minimum atomic E-state index is -0.474. The molecule has 6 heteroatoms. The molecule has 0 N–H and O–H groups in total. The van der Waals surface area contributed by atoms with Gasteiger partial charge < -0.3 is 14.2 Å². The zero-order chi connectivity index (χ0) is 18.8. The van der Waals surface area contributed by atoms with Gasteiger partial charge in [-0.05, 0) is 31.2 Å². The summed E-state index contributed by atoms with van der Waals surface area (Å²) >= 11 is 0. The normalized spacial score (nSPS) is 10.6. The van der Waals surface area contributed by atoms with Crippen molar-refractivity contribution in [2.75, 3.05) is 21.3 Å². The summed E-state index contributed by atoms with van der Waals surface area (Å²) in [6, 6.07) is 12.2. The molecule has 0 aliphatic rings. The fourth-order valence-electron chi connectivity index (χ4n) is 3.09. The van der Waals surface area contributed by atoms with Crippen molar-refractivity contribution in [3.63, 3.8) is 0 Å². The highest BCUT2D eigenvalue weighted by Crippen LogP contribution is 2.31. The third kappa shape index (κ3) is 2.69. The van der Waals surface area contributed by atoms with Gasteiger partial charge in [0.05, 0.1) is 32.4 Å². The summed E-state index contributed by atoms with van der Waals surface area (Å²) in [4.78, 5) is 25.4. The number of esters is 1. The van der Waals surface area contributed by atoms with Crippen molar-refractivity contribution in [3.05, 3.63) is 59.3 Å². The molecule has 0 fully saturated rings. The quantitative estimate of drug-likeness (QED) is 0.672. The standard InChI is InChI=1S/C20H19NO5/c1-12-18(20(23)26-4)14-7-5-6-8-15(14)21(12)19(22)13-9-10-16(24-2)17(11-13)25-3/h5-11H,1-4H3. The first-order valence-corrected chi connectivity index (χ1v) is 7.98. The van der Waals surface area contributed by atoms with Gasteiger partial charge in [0.15, 0.2) is 11.5 Å². The number of para-hydroxylation sites is 1. The molecule has 0 aliphatic carbocycles. The molecule has 0 saturated heterocycles. The van der Waals surface area contributed by atoms with Crippen molar-refractivity contribution < 1.29 is 23.8 Å². The fraction of sp³-hybridized carbons (Fsp3) is 0.200. The summed E-state index contributed by atoms with van der Waals surface area (Å²) in [7, 11) is 4.37. The topological polar surface area (TPSA) is 66.8 Å². The van der Waals surface area contributed by atoms with E-state index in [0.29, 0.717) is 39.2 Å². The number of fused-ring (bicyclic) bond motifs is 1. The van der Waals surface area contributed by atoms with Crippen LogP contribution < -0.4 is 9.47 Å². The Morgan fingerprint density at radius 3 is 2.27 bits per heavy atom. The average Bonchev–Trinajstić information content (AvgIpc) is 2.98. The molecular formula is C20H19NO5. The zero-order valence-corrected chi connectivity index (χ0v) is 15.0. The molecule has 6 nitrogen and oxygen atoms in total. The van der Waals surface area contributed by atoms with Crippen LogP contribution in [0.3, 0.4) is 0 Å². The van der Waals surface area contributed by atoms with Crippen LogP contribution in [0.2, 0.25) is 0 Å². The molecule has 0 spiro atoms. The van der Waals surface area contributed by atoms with Crippen LogP contribution in [0.25, 0.3) is 10.9 Å². The molecule has 0 radical (unpaired) electrons. The van der Waals surface area contributed by atoms with Gasteiger partial charge >= 0.3 is 5.97 Å². The Hall–Kier alpha value is -3.28. The molecule has 1 heterocycles. The SMILES string of the molecule is COC(=O)c1c(C)n(C(=O)c2ccc(OC)c(OC)c2)c2ccccc12. The third-order valence-electron chi connectivity index (χ3n) is 4.33. The first kappa shape index (κ1) is 17.5. The summed E-state index contributed by atoms with van der Waals surface area (Å²) in [5.74, 6) is 0.251. The Balaban J connectivity index is 2.21.